The van der Waals surface area contributed by atoms with Crippen LogP contribution < -0.4 is 10.6 Å². The van der Waals surface area contributed by atoms with Crippen LogP contribution in [-0.2, 0) is 9.59 Å². The second-order valence-electron chi connectivity index (χ2n) is 11.9. The lowest BCUT2D eigenvalue weighted by Gasteiger charge is -2.17. The zero-order valence-electron chi connectivity index (χ0n) is 29.3. The SMILES string of the molecule is CSCC[C@H](NC(=O)c1cncc(Br)c1)C(=O)CCSCCCCCCCCCCSCCC(=O)[C@H](CCSC)NC(=O)c1cncc(Br)c1. The van der Waals surface area contributed by atoms with Crippen LogP contribution in [0.4, 0.5) is 0 Å². The van der Waals surface area contributed by atoms with E-state index in [0.29, 0.717) is 36.8 Å². The third-order valence-corrected chi connectivity index (χ3v) is 12.2. The molecule has 0 unspecified atom stereocenters. The van der Waals surface area contributed by atoms with Gasteiger partial charge in [0.2, 0.25) is 0 Å². The van der Waals surface area contributed by atoms with Gasteiger partial charge in [0.1, 0.15) is 0 Å². The molecule has 2 rings (SSSR count). The molecule has 0 radical (unpaired) electrons. The van der Waals surface area contributed by atoms with Crippen LogP contribution in [0, 0.1) is 0 Å². The molecule has 2 amide bonds. The lowest BCUT2D eigenvalue weighted by Crippen LogP contribution is -2.41. The van der Waals surface area contributed by atoms with Crippen LogP contribution in [-0.4, -0.2) is 92.5 Å². The molecule has 278 valence electrons. The number of rotatable bonds is 29. The van der Waals surface area contributed by atoms with Crippen molar-refractivity contribution in [2.45, 2.75) is 89.1 Å². The van der Waals surface area contributed by atoms with Gasteiger partial charge in [-0.1, -0.05) is 38.5 Å². The van der Waals surface area contributed by atoms with E-state index in [4.69, 9.17) is 0 Å². The molecule has 0 bridgehead atoms. The van der Waals surface area contributed by atoms with Gasteiger partial charge in [-0.25, -0.2) is 0 Å². The Bertz CT molecular complexity index is 1210. The van der Waals surface area contributed by atoms with E-state index in [2.05, 4.69) is 52.5 Å². The number of hydrogen-bond acceptors (Lipinski definition) is 10. The van der Waals surface area contributed by atoms with Crippen LogP contribution in [0.15, 0.2) is 45.9 Å². The van der Waals surface area contributed by atoms with E-state index in [0.717, 1.165) is 43.5 Å². The Hall–Kier alpha value is -1.06. The van der Waals surface area contributed by atoms with Crippen LogP contribution in [0.5, 0.6) is 0 Å². The standard InChI is InChI=1S/C36H52Br2N4O4S4/c1-47-17-11-31(41-35(45)27-21-29(37)25-39-23-27)33(43)13-19-49-15-9-7-5-3-4-6-8-10-16-50-20-14-34(44)32(12-18-48-2)42-36(46)28-22-30(38)26-40-24-28/h21-26,31-32H,3-20H2,1-2H3,(H,41,45)(H,42,46)/t31-,32-/m0/s1. The third-order valence-electron chi connectivity index (χ3n) is 7.86. The Morgan fingerprint density at radius 2 is 0.960 bits per heavy atom. The molecule has 0 aliphatic carbocycles. The van der Waals surface area contributed by atoms with Crippen molar-refractivity contribution in [3.63, 3.8) is 0 Å². The summed E-state index contributed by atoms with van der Waals surface area (Å²) in [6, 6.07) is 2.49. The van der Waals surface area contributed by atoms with E-state index in [9.17, 15) is 19.2 Å². The molecule has 50 heavy (non-hydrogen) atoms. The second kappa shape index (κ2) is 28.4. The zero-order valence-corrected chi connectivity index (χ0v) is 35.7. The molecule has 0 fully saturated rings. The largest absolute Gasteiger partial charge is 0.342 e. The number of amides is 2. The molecule has 0 saturated carbocycles. The van der Waals surface area contributed by atoms with Gasteiger partial charge in [0.25, 0.3) is 11.8 Å². The first-order valence-corrected chi connectivity index (χ1v) is 23.9. The summed E-state index contributed by atoms with van der Waals surface area (Å²) in [7, 11) is 0. The summed E-state index contributed by atoms with van der Waals surface area (Å²) in [6.07, 6.45) is 22.3. The molecule has 2 aromatic heterocycles. The molecule has 14 heteroatoms. The Balaban J connectivity index is 1.47. The van der Waals surface area contributed by atoms with Crippen LogP contribution >= 0.6 is 78.9 Å². The predicted octanol–water partition coefficient (Wildman–Crippen LogP) is 8.91. The van der Waals surface area contributed by atoms with Crippen molar-refractivity contribution in [3.05, 3.63) is 57.0 Å². The maximum Gasteiger partial charge on any atom is 0.253 e. The summed E-state index contributed by atoms with van der Waals surface area (Å²) >= 11 is 13.7. The lowest BCUT2D eigenvalue weighted by atomic mass is 10.1. The first-order valence-electron chi connectivity index (χ1n) is 17.3. The van der Waals surface area contributed by atoms with E-state index in [1.165, 1.54) is 63.8 Å². The average Bonchev–Trinajstić information content (AvgIpc) is 3.11. The molecule has 2 N–H and O–H groups in total. The van der Waals surface area contributed by atoms with E-state index in [1.54, 1.807) is 48.1 Å². The quantitative estimate of drug-likeness (QED) is 0.0768. The van der Waals surface area contributed by atoms with Gasteiger partial charge >= 0.3 is 0 Å². The van der Waals surface area contributed by atoms with Gasteiger partial charge in [-0.3, -0.25) is 29.1 Å². The number of thioether (sulfide) groups is 4. The Kier molecular flexibility index (Phi) is 25.7. The molecule has 0 aliphatic heterocycles. The molecule has 2 aromatic rings. The average molecular weight is 893 g/mol. The highest BCUT2D eigenvalue weighted by atomic mass is 79.9. The first-order chi connectivity index (χ1) is 24.2. The number of halogens is 2. The van der Waals surface area contributed by atoms with Crippen molar-refractivity contribution in [1.29, 1.82) is 0 Å². The number of aromatic nitrogens is 2. The van der Waals surface area contributed by atoms with E-state index in [1.807, 2.05) is 36.0 Å². The number of ketones is 2. The van der Waals surface area contributed by atoms with Crippen molar-refractivity contribution in [2.24, 2.45) is 0 Å². The summed E-state index contributed by atoms with van der Waals surface area (Å²) in [5, 5.41) is 5.84. The summed E-state index contributed by atoms with van der Waals surface area (Å²) in [5.74, 6) is 5.00. The van der Waals surface area contributed by atoms with Gasteiger partial charge < -0.3 is 10.6 Å². The smallest absolute Gasteiger partial charge is 0.253 e. The molecule has 2 heterocycles. The highest BCUT2D eigenvalue weighted by Gasteiger charge is 2.22. The van der Waals surface area contributed by atoms with E-state index >= 15 is 0 Å². The number of nitrogens with zero attached hydrogens (tertiary/aromatic N) is 2. The number of hydrogen-bond donors (Lipinski definition) is 2. The van der Waals surface area contributed by atoms with Crippen LogP contribution in [0.25, 0.3) is 0 Å². The minimum absolute atomic E-state index is 0.0986. The van der Waals surface area contributed by atoms with Gasteiger partial charge in [0.05, 0.1) is 23.2 Å². The third kappa shape index (κ3) is 20.3. The fourth-order valence-corrected chi connectivity index (χ4v) is 8.61. The second-order valence-corrected chi connectivity index (χ2v) is 18.1. The number of nitrogens with one attached hydrogen (secondary N) is 2. The van der Waals surface area contributed by atoms with E-state index < -0.39 is 12.1 Å². The summed E-state index contributed by atoms with van der Waals surface area (Å²) in [4.78, 5) is 59.2. The summed E-state index contributed by atoms with van der Waals surface area (Å²) in [5.41, 5.74) is 0.893. The van der Waals surface area contributed by atoms with Crippen LogP contribution in [0.1, 0.15) is 97.8 Å². The molecule has 0 aromatic carbocycles. The van der Waals surface area contributed by atoms with Gasteiger partial charge in [-0.15, -0.1) is 0 Å². The summed E-state index contributed by atoms with van der Waals surface area (Å²) in [6.45, 7) is 0. The molecule has 8 nitrogen and oxygen atoms in total. The highest BCUT2D eigenvalue weighted by molar-refractivity contribution is 9.10. The van der Waals surface area contributed by atoms with Crippen molar-refractivity contribution in [2.75, 3.05) is 47.0 Å². The van der Waals surface area contributed by atoms with Gasteiger partial charge in [0.15, 0.2) is 11.6 Å². The Morgan fingerprint density at radius 1 is 0.580 bits per heavy atom. The van der Waals surface area contributed by atoms with Gasteiger partial charge in [-0.2, -0.15) is 47.0 Å². The first kappa shape index (κ1) is 45.1. The van der Waals surface area contributed by atoms with Crippen LogP contribution in [0.3, 0.4) is 0 Å². The fraction of sp³-hybridized carbons (Fsp3) is 0.611. The highest BCUT2D eigenvalue weighted by Crippen LogP contribution is 2.17. The minimum atomic E-state index is -0.465. The minimum Gasteiger partial charge on any atom is -0.342 e. The molecule has 2 atom stereocenters. The molecular weight excluding hydrogens is 840 g/mol. The molecular formula is C36H52Br2N4O4S4. The number of unbranched alkanes of at least 4 members (excludes halogenated alkanes) is 7. The molecule has 0 aliphatic rings. The van der Waals surface area contributed by atoms with E-state index in [-0.39, 0.29) is 23.4 Å². The monoisotopic (exact) mass is 890 g/mol. The van der Waals surface area contributed by atoms with Gasteiger partial charge in [0, 0.05) is 58.1 Å². The molecule has 0 saturated heterocycles. The van der Waals surface area contributed by atoms with Crippen molar-refractivity contribution in [1.82, 2.24) is 20.6 Å². The summed E-state index contributed by atoms with van der Waals surface area (Å²) < 4.78 is 1.46. The predicted molar refractivity (Wildman–Crippen MR) is 223 cm³/mol. The number of carbonyl (C=O) groups is 4. The lowest BCUT2D eigenvalue weighted by molar-refractivity contribution is -0.121. The van der Waals surface area contributed by atoms with Crippen LogP contribution in [0.2, 0.25) is 0 Å². The Labute approximate surface area is 332 Å². The zero-order chi connectivity index (χ0) is 36.4. The molecule has 0 spiro atoms. The van der Waals surface area contributed by atoms with Crippen molar-refractivity contribution in [3.8, 4) is 0 Å². The topological polar surface area (TPSA) is 118 Å². The number of Topliss-reactive ketones (excluding diaryl/α,β-unsaturated/α-hetero) is 2. The maximum absolute atomic E-state index is 12.9. The Morgan fingerprint density at radius 3 is 1.32 bits per heavy atom. The van der Waals surface area contributed by atoms with Crippen molar-refractivity contribution < 1.29 is 19.2 Å². The number of pyridine rings is 2. The maximum atomic E-state index is 12.9. The number of carbonyl (C=O) groups excluding carboxylic acids is 4. The van der Waals surface area contributed by atoms with Crippen molar-refractivity contribution >= 4 is 102 Å². The normalized spacial score (nSPS) is 12.3. The van der Waals surface area contributed by atoms with Gasteiger partial charge in [-0.05, 0) is 105 Å². The fourth-order valence-electron chi connectivity index (χ4n) is 5.02.